The lowest BCUT2D eigenvalue weighted by atomic mass is 9.68. The predicted octanol–water partition coefficient (Wildman–Crippen LogP) is 1.40. The van der Waals surface area contributed by atoms with Crippen molar-refractivity contribution >= 4 is 17.3 Å². The molecule has 0 aliphatic heterocycles. The Hall–Kier alpha value is -1.13. The Kier molecular flexibility index (Phi) is 3.02. The molecule has 1 aliphatic rings. The summed E-state index contributed by atoms with van der Waals surface area (Å²) in [4.78, 5) is 32.8. The van der Waals surface area contributed by atoms with E-state index in [4.69, 9.17) is 0 Å². The summed E-state index contributed by atoms with van der Waals surface area (Å²) in [5.74, 6) is -6.66. The zero-order valence-electron chi connectivity index (χ0n) is 8.55. The van der Waals surface area contributed by atoms with Crippen molar-refractivity contribution in [1.29, 1.82) is 0 Å². The van der Waals surface area contributed by atoms with Gasteiger partial charge in [-0.05, 0) is 0 Å². The fourth-order valence-corrected chi connectivity index (χ4v) is 1.60. The highest BCUT2D eigenvalue weighted by molar-refractivity contribution is 6.39. The lowest BCUT2D eigenvalue weighted by Gasteiger charge is -2.41. The van der Waals surface area contributed by atoms with Gasteiger partial charge >= 0.3 is 0 Å². The molecule has 0 saturated heterocycles. The molecule has 0 heterocycles. The summed E-state index contributed by atoms with van der Waals surface area (Å²) < 4.78 is 25.5. The fourth-order valence-electron chi connectivity index (χ4n) is 1.60. The van der Waals surface area contributed by atoms with E-state index in [0.29, 0.717) is 0 Å². The lowest BCUT2D eigenvalue weighted by Crippen LogP contribution is -2.49. The quantitative estimate of drug-likeness (QED) is 0.529. The Labute approximate surface area is 85.8 Å². The second kappa shape index (κ2) is 3.79. The first-order valence-electron chi connectivity index (χ1n) is 4.70. The van der Waals surface area contributed by atoms with Crippen molar-refractivity contribution in [1.82, 2.24) is 0 Å². The first-order valence-corrected chi connectivity index (χ1v) is 4.70. The highest BCUT2D eigenvalue weighted by atomic mass is 19.3. The van der Waals surface area contributed by atoms with Gasteiger partial charge in [-0.25, -0.2) is 8.78 Å². The van der Waals surface area contributed by atoms with Gasteiger partial charge in [0.1, 0.15) is 5.78 Å². The molecular formula is C10H12F2O3. The summed E-state index contributed by atoms with van der Waals surface area (Å²) in [7, 11) is 0. The summed E-state index contributed by atoms with van der Waals surface area (Å²) in [6.45, 7) is 2.35. The molecule has 0 aromatic carbocycles. The summed E-state index contributed by atoms with van der Waals surface area (Å²) in [5.41, 5.74) is 0. The number of carbonyl (C=O) groups is 3. The molecule has 2 unspecified atom stereocenters. The van der Waals surface area contributed by atoms with Crippen LogP contribution in [0.5, 0.6) is 0 Å². The fraction of sp³-hybridized carbons (Fsp3) is 0.700. The van der Waals surface area contributed by atoms with Gasteiger partial charge in [0.2, 0.25) is 5.78 Å². The molecule has 84 valence electrons. The molecule has 2 atom stereocenters. The normalized spacial score (nSPS) is 28.0. The Balaban J connectivity index is 2.51. The van der Waals surface area contributed by atoms with Crippen LogP contribution in [0.15, 0.2) is 0 Å². The highest BCUT2D eigenvalue weighted by Gasteiger charge is 2.55. The number of hydrogen-bond acceptors (Lipinski definition) is 3. The van der Waals surface area contributed by atoms with Crippen molar-refractivity contribution < 1.29 is 23.2 Å². The molecule has 0 bridgehead atoms. The Bertz CT molecular complexity index is 323. The van der Waals surface area contributed by atoms with Crippen molar-refractivity contribution in [2.45, 2.75) is 32.6 Å². The zero-order chi connectivity index (χ0) is 11.8. The maximum Gasteiger partial charge on any atom is 0.252 e. The number of alkyl halides is 2. The first-order chi connectivity index (χ1) is 6.75. The third-order valence-electron chi connectivity index (χ3n) is 2.90. The van der Waals surface area contributed by atoms with E-state index in [1.807, 2.05) is 0 Å². The molecule has 1 rings (SSSR count). The molecule has 1 saturated carbocycles. The van der Waals surface area contributed by atoms with Crippen LogP contribution < -0.4 is 0 Å². The van der Waals surface area contributed by atoms with Crippen molar-refractivity contribution in [2.24, 2.45) is 11.8 Å². The minimum Gasteiger partial charge on any atom is -0.299 e. The Morgan fingerprint density at radius 1 is 1.33 bits per heavy atom. The number of carbonyl (C=O) groups excluding carboxylic acids is 3. The monoisotopic (exact) mass is 218 g/mol. The topological polar surface area (TPSA) is 51.2 Å². The van der Waals surface area contributed by atoms with Gasteiger partial charge in [-0.15, -0.1) is 0 Å². The van der Waals surface area contributed by atoms with Gasteiger partial charge in [-0.2, -0.15) is 0 Å². The van der Waals surface area contributed by atoms with E-state index in [2.05, 4.69) is 0 Å². The van der Waals surface area contributed by atoms with Crippen LogP contribution in [-0.4, -0.2) is 23.3 Å². The van der Waals surface area contributed by atoms with Crippen LogP contribution in [0.4, 0.5) is 8.78 Å². The van der Waals surface area contributed by atoms with Gasteiger partial charge in [0.25, 0.3) is 5.92 Å². The van der Waals surface area contributed by atoms with Crippen molar-refractivity contribution in [3.8, 4) is 0 Å². The summed E-state index contributed by atoms with van der Waals surface area (Å²) >= 11 is 0. The maximum absolute atomic E-state index is 12.7. The molecule has 0 aromatic heterocycles. The molecule has 0 radical (unpaired) electrons. The average Bonchev–Trinajstić information content (AvgIpc) is 2.13. The molecule has 5 heteroatoms. The highest BCUT2D eigenvalue weighted by Crippen LogP contribution is 2.48. The average molecular weight is 218 g/mol. The van der Waals surface area contributed by atoms with Crippen LogP contribution in [0.3, 0.4) is 0 Å². The van der Waals surface area contributed by atoms with Crippen molar-refractivity contribution in [3.05, 3.63) is 0 Å². The minimum absolute atomic E-state index is 0.502. The van der Waals surface area contributed by atoms with E-state index >= 15 is 0 Å². The molecule has 0 aromatic rings. The van der Waals surface area contributed by atoms with Crippen molar-refractivity contribution in [2.75, 3.05) is 0 Å². The van der Waals surface area contributed by atoms with E-state index in [0.717, 1.165) is 6.92 Å². The van der Waals surface area contributed by atoms with E-state index < -0.39 is 47.9 Å². The molecule has 3 nitrogen and oxygen atoms in total. The maximum atomic E-state index is 12.7. The molecule has 15 heavy (non-hydrogen) atoms. The van der Waals surface area contributed by atoms with Crippen LogP contribution in [0.25, 0.3) is 0 Å². The molecule has 0 N–H and O–H groups in total. The smallest absolute Gasteiger partial charge is 0.252 e. The minimum atomic E-state index is -2.81. The van der Waals surface area contributed by atoms with Crippen LogP contribution >= 0.6 is 0 Å². The third-order valence-corrected chi connectivity index (χ3v) is 2.90. The Morgan fingerprint density at radius 2 is 1.87 bits per heavy atom. The lowest BCUT2D eigenvalue weighted by molar-refractivity contribution is -0.177. The standard InChI is InChI=1S/C10H12F2O3/c1-5-7(4-10(5,11)12)9(15)3-8(14)6(2)13/h5,7H,3-4H2,1-2H3. The van der Waals surface area contributed by atoms with Crippen LogP contribution in [0.1, 0.15) is 26.7 Å². The SMILES string of the molecule is CC(=O)C(=O)CC(=O)C1CC(F)(F)C1C. The van der Waals surface area contributed by atoms with Crippen LogP contribution in [0.2, 0.25) is 0 Å². The third kappa shape index (κ3) is 2.27. The van der Waals surface area contributed by atoms with Gasteiger partial charge < -0.3 is 0 Å². The van der Waals surface area contributed by atoms with Gasteiger partial charge in [-0.3, -0.25) is 14.4 Å². The van der Waals surface area contributed by atoms with Crippen LogP contribution in [0, 0.1) is 11.8 Å². The number of halogens is 2. The number of Topliss-reactive ketones (excluding diaryl/α,β-unsaturated/α-hetero) is 3. The van der Waals surface area contributed by atoms with Crippen LogP contribution in [-0.2, 0) is 14.4 Å². The van der Waals surface area contributed by atoms with Gasteiger partial charge in [-0.1, -0.05) is 6.92 Å². The van der Waals surface area contributed by atoms with Crippen molar-refractivity contribution in [3.63, 3.8) is 0 Å². The first kappa shape index (κ1) is 11.9. The van der Waals surface area contributed by atoms with E-state index in [-0.39, 0.29) is 0 Å². The zero-order valence-corrected chi connectivity index (χ0v) is 8.55. The van der Waals surface area contributed by atoms with Gasteiger partial charge in [0, 0.05) is 25.2 Å². The molecule has 0 spiro atoms. The molecule has 1 fully saturated rings. The summed E-state index contributed by atoms with van der Waals surface area (Å²) in [5, 5.41) is 0. The van der Waals surface area contributed by atoms with Gasteiger partial charge in [0.05, 0.1) is 6.42 Å². The van der Waals surface area contributed by atoms with E-state index in [1.165, 1.54) is 6.92 Å². The number of rotatable bonds is 4. The second-order valence-electron chi connectivity index (χ2n) is 3.98. The van der Waals surface area contributed by atoms with E-state index in [9.17, 15) is 23.2 Å². The Morgan fingerprint density at radius 3 is 2.20 bits per heavy atom. The van der Waals surface area contributed by atoms with E-state index in [1.54, 1.807) is 0 Å². The molecule has 0 amide bonds. The summed E-state index contributed by atoms with van der Waals surface area (Å²) in [6.07, 6.45) is -1.04. The second-order valence-corrected chi connectivity index (χ2v) is 3.98. The largest absolute Gasteiger partial charge is 0.299 e. The molecular weight excluding hydrogens is 206 g/mol. The predicted molar refractivity (Wildman–Crippen MR) is 47.5 cm³/mol. The number of ketones is 3. The number of hydrogen-bond donors (Lipinski definition) is 0. The van der Waals surface area contributed by atoms with Gasteiger partial charge in [0.15, 0.2) is 5.78 Å². The molecule has 1 aliphatic carbocycles. The summed E-state index contributed by atoms with van der Waals surface area (Å²) in [6, 6.07) is 0.